The fraction of sp³-hybridized carbons (Fsp3) is 0.692. The lowest BCUT2D eigenvalue weighted by Crippen LogP contribution is -2.42. The van der Waals surface area contributed by atoms with E-state index in [1.54, 1.807) is 10.9 Å². The molecule has 0 aliphatic carbocycles. The van der Waals surface area contributed by atoms with E-state index in [4.69, 9.17) is 0 Å². The van der Waals surface area contributed by atoms with Crippen LogP contribution in [0.25, 0.3) is 0 Å². The van der Waals surface area contributed by atoms with Crippen LogP contribution in [-0.2, 0) is 18.3 Å². The molecule has 4 heteroatoms. The molecule has 0 saturated carbocycles. The molecule has 0 unspecified atom stereocenters. The number of nitrogens with zero attached hydrogens (tertiary/aromatic N) is 2. The van der Waals surface area contributed by atoms with Gasteiger partial charge < -0.3 is 5.32 Å². The zero-order valence-corrected chi connectivity index (χ0v) is 10.7. The maximum atomic E-state index is 12.5. The van der Waals surface area contributed by atoms with Gasteiger partial charge in [-0.1, -0.05) is 6.92 Å². The second kappa shape index (κ2) is 5.00. The summed E-state index contributed by atoms with van der Waals surface area (Å²) < 4.78 is 1.75. The van der Waals surface area contributed by atoms with Crippen LogP contribution in [0.15, 0.2) is 12.4 Å². The third-order valence-corrected chi connectivity index (χ3v) is 3.95. The van der Waals surface area contributed by atoms with E-state index in [9.17, 15) is 4.79 Å². The second-order valence-electron chi connectivity index (χ2n) is 5.01. The molecule has 17 heavy (non-hydrogen) atoms. The monoisotopic (exact) mass is 235 g/mol. The highest BCUT2D eigenvalue weighted by Crippen LogP contribution is 2.34. The Balaban J connectivity index is 2.07. The van der Waals surface area contributed by atoms with Gasteiger partial charge in [-0.15, -0.1) is 0 Å². The number of hydrogen-bond donors (Lipinski definition) is 1. The molecule has 4 nitrogen and oxygen atoms in total. The highest BCUT2D eigenvalue weighted by molar-refractivity contribution is 5.86. The Bertz CT molecular complexity index is 391. The minimum absolute atomic E-state index is 0.0961. The molecule has 1 saturated heterocycles. The Morgan fingerprint density at radius 3 is 2.76 bits per heavy atom. The molecular formula is C13H21N3O. The molecule has 0 amide bonds. The number of hydrogen-bond acceptors (Lipinski definition) is 3. The van der Waals surface area contributed by atoms with Gasteiger partial charge in [0, 0.05) is 25.1 Å². The minimum Gasteiger partial charge on any atom is -0.317 e. The normalized spacial score (nSPS) is 19.2. The molecule has 0 atom stereocenters. The van der Waals surface area contributed by atoms with Gasteiger partial charge in [0.05, 0.1) is 6.20 Å². The van der Waals surface area contributed by atoms with E-state index in [2.05, 4.69) is 17.3 Å². The molecule has 1 N–H and O–H groups in total. The quantitative estimate of drug-likeness (QED) is 0.856. The van der Waals surface area contributed by atoms with Crippen LogP contribution in [0.4, 0.5) is 0 Å². The fourth-order valence-corrected chi connectivity index (χ4v) is 2.67. The number of rotatable bonds is 4. The summed E-state index contributed by atoms with van der Waals surface area (Å²) in [5, 5.41) is 7.44. The van der Waals surface area contributed by atoms with Gasteiger partial charge in [0.25, 0.3) is 0 Å². The Morgan fingerprint density at radius 1 is 1.53 bits per heavy atom. The van der Waals surface area contributed by atoms with E-state index in [1.807, 2.05) is 13.2 Å². The predicted octanol–water partition coefficient (Wildman–Crippen LogP) is 1.31. The van der Waals surface area contributed by atoms with Gasteiger partial charge in [-0.05, 0) is 37.9 Å². The summed E-state index contributed by atoms with van der Waals surface area (Å²) in [6, 6.07) is 0. The zero-order valence-electron chi connectivity index (χ0n) is 10.7. The molecule has 1 fully saturated rings. The van der Waals surface area contributed by atoms with Crippen molar-refractivity contribution in [1.29, 1.82) is 0 Å². The Kier molecular flexibility index (Phi) is 3.62. The molecule has 1 aliphatic heterocycles. The van der Waals surface area contributed by atoms with Crippen LogP contribution >= 0.6 is 0 Å². The number of carbonyl (C=O) groups excluding carboxylic acids is 1. The topological polar surface area (TPSA) is 46.9 Å². The average Bonchev–Trinajstić information content (AvgIpc) is 2.75. The standard InChI is InChI=1S/C13H21N3O/c1-3-13(4-6-14-7-5-13)12(17)8-11-9-15-16(2)10-11/h9-10,14H,3-8H2,1-2H3. The highest BCUT2D eigenvalue weighted by atomic mass is 16.1. The lowest BCUT2D eigenvalue weighted by Gasteiger charge is -2.35. The van der Waals surface area contributed by atoms with E-state index >= 15 is 0 Å². The van der Waals surface area contributed by atoms with E-state index < -0.39 is 0 Å². The lowest BCUT2D eigenvalue weighted by molar-refractivity contribution is -0.129. The first-order valence-corrected chi connectivity index (χ1v) is 6.38. The maximum absolute atomic E-state index is 12.5. The van der Waals surface area contributed by atoms with Crippen molar-refractivity contribution >= 4 is 5.78 Å². The van der Waals surface area contributed by atoms with Crippen molar-refractivity contribution < 1.29 is 4.79 Å². The van der Waals surface area contributed by atoms with Crippen LogP contribution in [0, 0.1) is 5.41 Å². The highest BCUT2D eigenvalue weighted by Gasteiger charge is 2.37. The number of carbonyl (C=O) groups is 1. The smallest absolute Gasteiger partial charge is 0.143 e. The van der Waals surface area contributed by atoms with Crippen molar-refractivity contribution in [1.82, 2.24) is 15.1 Å². The van der Waals surface area contributed by atoms with Crippen LogP contribution in [-0.4, -0.2) is 28.7 Å². The summed E-state index contributed by atoms with van der Waals surface area (Å²) in [7, 11) is 1.88. The third-order valence-electron chi connectivity index (χ3n) is 3.95. The van der Waals surface area contributed by atoms with Crippen LogP contribution < -0.4 is 5.32 Å². The summed E-state index contributed by atoms with van der Waals surface area (Å²) in [5.74, 6) is 0.384. The summed E-state index contributed by atoms with van der Waals surface area (Å²) in [6.07, 6.45) is 7.16. The van der Waals surface area contributed by atoms with Crippen molar-refractivity contribution in [3.8, 4) is 0 Å². The molecule has 94 valence electrons. The fourth-order valence-electron chi connectivity index (χ4n) is 2.67. The first-order valence-electron chi connectivity index (χ1n) is 6.38. The van der Waals surface area contributed by atoms with Crippen molar-refractivity contribution in [2.75, 3.05) is 13.1 Å². The van der Waals surface area contributed by atoms with Crippen LogP contribution in [0.5, 0.6) is 0 Å². The molecule has 1 aliphatic rings. The van der Waals surface area contributed by atoms with E-state index in [0.29, 0.717) is 12.2 Å². The third kappa shape index (κ3) is 2.57. The van der Waals surface area contributed by atoms with E-state index in [0.717, 1.165) is 37.9 Å². The van der Waals surface area contributed by atoms with Crippen LogP contribution in [0.3, 0.4) is 0 Å². The zero-order chi connectivity index (χ0) is 12.3. The van der Waals surface area contributed by atoms with Gasteiger partial charge in [-0.3, -0.25) is 9.48 Å². The van der Waals surface area contributed by atoms with Crippen LogP contribution in [0.1, 0.15) is 31.7 Å². The SMILES string of the molecule is CCC1(C(=O)Cc2cnn(C)c2)CCNCC1. The number of Topliss-reactive ketones (excluding diaryl/α,β-unsaturated/α-hetero) is 1. The number of aromatic nitrogens is 2. The maximum Gasteiger partial charge on any atom is 0.143 e. The van der Waals surface area contributed by atoms with Gasteiger partial charge >= 0.3 is 0 Å². The van der Waals surface area contributed by atoms with E-state index in [1.165, 1.54) is 0 Å². The second-order valence-corrected chi connectivity index (χ2v) is 5.01. The number of aryl methyl sites for hydroxylation is 1. The molecule has 1 aromatic rings. The Labute approximate surface area is 102 Å². The number of ketones is 1. The van der Waals surface area contributed by atoms with Gasteiger partial charge in [0.1, 0.15) is 5.78 Å². The number of nitrogens with one attached hydrogen (secondary N) is 1. The summed E-state index contributed by atoms with van der Waals surface area (Å²) in [4.78, 5) is 12.5. The van der Waals surface area contributed by atoms with Crippen molar-refractivity contribution in [2.24, 2.45) is 12.5 Å². The van der Waals surface area contributed by atoms with Gasteiger partial charge in [0.2, 0.25) is 0 Å². The molecule has 0 radical (unpaired) electrons. The van der Waals surface area contributed by atoms with Crippen molar-refractivity contribution in [2.45, 2.75) is 32.6 Å². The predicted molar refractivity (Wildman–Crippen MR) is 66.7 cm³/mol. The average molecular weight is 235 g/mol. The van der Waals surface area contributed by atoms with Gasteiger partial charge in [0.15, 0.2) is 0 Å². The van der Waals surface area contributed by atoms with Crippen molar-refractivity contribution in [3.05, 3.63) is 18.0 Å². The molecule has 0 aromatic carbocycles. The lowest BCUT2D eigenvalue weighted by atomic mass is 9.72. The summed E-state index contributed by atoms with van der Waals surface area (Å²) in [5.41, 5.74) is 0.935. The molecule has 2 heterocycles. The summed E-state index contributed by atoms with van der Waals surface area (Å²) in [6.45, 7) is 4.06. The first-order chi connectivity index (χ1) is 8.16. The minimum atomic E-state index is -0.0961. The van der Waals surface area contributed by atoms with Crippen molar-refractivity contribution in [3.63, 3.8) is 0 Å². The first kappa shape index (κ1) is 12.3. The van der Waals surface area contributed by atoms with Gasteiger partial charge in [-0.25, -0.2) is 0 Å². The molecule has 0 bridgehead atoms. The molecular weight excluding hydrogens is 214 g/mol. The van der Waals surface area contributed by atoms with Gasteiger partial charge in [-0.2, -0.15) is 5.10 Å². The van der Waals surface area contributed by atoms with E-state index in [-0.39, 0.29) is 5.41 Å². The summed E-state index contributed by atoms with van der Waals surface area (Å²) >= 11 is 0. The Hall–Kier alpha value is -1.16. The molecule has 2 rings (SSSR count). The number of piperidine rings is 1. The Morgan fingerprint density at radius 2 is 2.24 bits per heavy atom. The largest absolute Gasteiger partial charge is 0.317 e. The molecule has 1 aromatic heterocycles. The van der Waals surface area contributed by atoms with Crippen LogP contribution in [0.2, 0.25) is 0 Å². The molecule has 0 spiro atoms.